The Labute approximate surface area is 89.4 Å². The van der Waals surface area contributed by atoms with Crippen molar-refractivity contribution >= 4 is 0 Å². The van der Waals surface area contributed by atoms with Gasteiger partial charge in [-0.3, -0.25) is 0 Å². The van der Waals surface area contributed by atoms with Crippen LogP contribution in [-0.4, -0.2) is 19.9 Å². The second-order valence-corrected chi connectivity index (χ2v) is 4.20. The molecular weight excluding hydrogens is 190 g/mol. The molecule has 3 nitrogen and oxygen atoms in total. The number of hydrogen-bond donors (Lipinski definition) is 1. The normalized spacial score (nSPS) is 22.6. The van der Waals surface area contributed by atoms with Crippen molar-refractivity contribution in [2.75, 3.05) is 13.8 Å². The molecule has 1 aliphatic heterocycles. The van der Waals surface area contributed by atoms with Crippen LogP contribution in [0, 0.1) is 0 Å². The van der Waals surface area contributed by atoms with Gasteiger partial charge in [-0.2, -0.15) is 0 Å². The summed E-state index contributed by atoms with van der Waals surface area (Å²) >= 11 is 0. The number of likely N-dealkylation sites (N-methyl/N-ethyl adjacent to an activating group) is 1. The maximum Gasteiger partial charge on any atom is 0.231 e. The van der Waals surface area contributed by atoms with Crippen molar-refractivity contribution in [3.63, 3.8) is 0 Å². The third-order valence-corrected chi connectivity index (χ3v) is 3.33. The third-order valence-electron chi connectivity index (χ3n) is 3.33. The molecule has 0 bridgehead atoms. The monoisotopic (exact) mass is 205 g/mol. The second kappa shape index (κ2) is 3.42. The van der Waals surface area contributed by atoms with Gasteiger partial charge in [-0.25, -0.2) is 0 Å². The Kier molecular flexibility index (Phi) is 2.06. The van der Waals surface area contributed by atoms with Crippen LogP contribution in [-0.2, 0) is 12.8 Å². The molecule has 1 heterocycles. The molecule has 3 rings (SSSR count). The molecule has 80 valence electrons. The van der Waals surface area contributed by atoms with Gasteiger partial charge in [0.2, 0.25) is 6.79 Å². The average molecular weight is 205 g/mol. The quantitative estimate of drug-likeness (QED) is 0.753. The van der Waals surface area contributed by atoms with Gasteiger partial charge in [-0.05, 0) is 49.6 Å². The minimum absolute atomic E-state index is 0.369. The summed E-state index contributed by atoms with van der Waals surface area (Å²) in [4.78, 5) is 0. The topological polar surface area (TPSA) is 30.5 Å². The molecule has 0 aromatic heterocycles. The third kappa shape index (κ3) is 1.47. The molecule has 0 saturated heterocycles. The fraction of sp³-hybridized carbons (Fsp3) is 0.500. The maximum absolute atomic E-state index is 5.39. The minimum Gasteiger partial charge on any atom is -0.454 e. The lowest BCUT2D eigenvalue weighted by Crippen LogP contribution is -2.31. The van der Waals surface area contributed by atoms with Crippen LogP contribution in [0.25, 0.3) is 0 Å². The molecular formula is C12H15NO2. The smallest absolute Gasteiger partial charge is 0.231 e. The van der Waals surface area contributed by atoms with Gasteiger partial charge >= 0.3 is 0 Å². The Balaban J connectivity index is 1.97. The number of aryl methyl sites for hydroxylation is 1. The van der Waals surface area contributed by atoms with E-state index in [1.165, 1.54) is 17.5 Å². The van der Waals surface area contributed by atoms with Gasteiger partial charge in [-0.15, -0.1) is 0 Å². The molecule has 1 aromatic carbocycles. The average Bonchev–Trinajstić information content (AvgIpc) is 2.72. The Morgan fingerprint density at radius 2 is 1.93 bits per heavy atom. The standard InChI is InChI=1S/C12H15NO2/c1-13-10-3-2-8-5-11-12(15-7-14-11)6-9(8)4-10/h5-6,10,13H,2-4,7H2,1H3/t10-/m0/s1. The number of ether oxygens (including phenoxy) is 2. The van der Waals surface area contributed by atoms with Crippen molar-refractivity contribution < 1.29 is 9.47 Å². The summed E-state index contributed by atoms with van der Waals surface area (Å²) in [7, 11) is 2.03. The van der Waals surface area contributed by atoms with Gasteiger partial charge in [0.15, 0.2) is 11.5 Å². The first-order chi connectivity index (χ1) is 7.36. The van der Waals surface area contributed by atoms with Crippen molar-refractivity contribution in [3.8, 4) is 11.5 Å². The zero-order valence-corrected chi connectivity index (χ0v) is 8.88. The Morgan fingerprint density at radius 3 is 2.67 bits per heavy atom. The van der Waals surface area contributed by atoms with E-state index in [1.807, 2.05) is 7.05 Å². The van der Waals surface area contributed by atoms with Crippen LogP contribution in [0.3, 0.4) is 0 Å². The summed E-state index contributed by atoms with van der Waals surface area (Å²) in [5.41, 5.74) is 2.83. The summed E-state index contributed by atoms with van der Waals surface area (Å²) in [6.45, 7) is 0.369. The van der Waals surface area contributed by atoms with E-state index in [1.54, 1.807) is 0 Å². The number of benzene rings is 1. The van der Waals surface area contributed by atoms with Crippen LogP contribution in [0.1, 0.15) is 17.5 Å². The van der Waals surface area contributed by atoms with Gasteiger partial charge in [0, 0.05) is 6.04 Å². The van der Waals surface area contributed by atoms with Gasteiger partial charge < -0.3 is 14.8 Å². The summed E-state index contributed by atoms with van der Waals surface area (Å²) in [6.07, 6.45) is 3.45. The molecule has 3 heteroatoms. The highest BCUT2D eigenvalue weighted by molar-refractivity contribution is 5.49. The molecule has 0 spiro atoms. The maximum atomic E-state index is 5.39. The summed E-state index contributed by atoms with van der Waals surface area (Å²) in [6, 6.07) is 4.89. The molecule has 1 aliphatic carbocycles. The number of hydrogen-bond acceptors (Lipinski definition) is 3. The molecule has 1 aromatic rings. The van der Waals surface area contributed by atoms with Gasteiger partial charge in [-0.1, -0.05) is 0 Å². The van der Waals surface area contributed by atoms with E-state index in [2.05, 4.69) is 17.4 Å². The van der Waals surface area contributed by atoms with Crippen LogP contribution in [0.4, 0.5) is 0 Å². The van der Waals surface area contributed by atoms with E-state index in [4.69, 9.17) is 9.47 Å². The largest absolute Gasteiger partial charge is 0.454 e. The van der Waals surface area contributed by atoms with Gasteiger partial charge in [0.25, 0.3) is 0 Å². The highest BCUT2D eigenvalue weighted by Crippen LogP contribution is 2.37. The van der Waals surface area contributed by atoms with Crippen LogP contribution >= 0.6 is 0 Å². The lowest BCUT2D eigenvalue weighted by Gasteiger charge is -2.24. The second-order valence-electron chi connectivity index (χ2n) is 4.20. The molecule has 1 N–H and O–H groups in total. The fourth-order valence-corrected chi connectivity index (χ4v) is 2.39. The Hall–Kier alpha value is -1.22. The lowest BCUT2D eigenvalue weighted by molar-refractivity contribution is 0.174. The molecule has 0 amide bonds. The van der Waals surface area contributed by atoms with Gasteiger partial charge in [0.1, 0.15) is 0 Å². The molecule has 1 atom stereocenters. The van der Waals surface area contributed by atoms with E-state index in [9.17, 15) is 0 Å². The molecule has 0 fully saturated rings. The van der Waals surface area contributed by atoms with Crippen molar-refractivity contribution in [1.82, 2.24) is 5.32 Å². The van der Waals surface area contributed by atoms with Crippen LogP contribution in [0.2, 0.25) is 0 Å². The first kappa shape index (κ1) is 9.04. The Bertz CT molecular complexity index is 389. The first-order valence-electron chi connectivity index (χ1n) is 5.45. The number of fused-ring (bicyclic) bond motifs is 2. The summed E-state index contributed by atoms with van der Waals surface area (Å²) in [5, 5.41) is 3.34. The number of rotatable bonds is 1. The number of nitrogens with one attached hydrogen (secondary N) is 1. The van der Waals surface area contributed by atoms with E-state index in [0.717, 1.165) is 24.3 Å². The zero-order valence-electron chi connectivity index (χ0n) is 8.88. The minimum atomic E-state index is 0.369. The van der Waals surface area contributed by atoms with Crippen molar-refractivity contribution in [1.29, 1.82) is 0 Å². The molecule has 2 aliphatic rings. The van der Waals surface area contributed by atoms with E-state index < -0.39 is 0 Å². The highest BCUT2D eigenvalue weighted by Gasteiger charge is 2.22. The molecule has 15 heavy (non-hydrogen) atoms. The van der Waals surface area contributed by atoms with E-state index in [-0.39, 0.29) is 0 Å². The van der Waals surface area contributed by atoms with Crippen LogP contribution in [0.5, 0.6) is 11.5 Å². The highest BCUT2D eigenvalue weighted by atomic mass is 16.7. The SMILES string of the molecule is CN[C@H]1CCc2cc3c(cc2C1)OCO3. The van der Waals surface area contributed by atoms with E-state index in [0.29, 0.717) is 12.8 Å². The molecule has 0 radical (unpaired) electrons. The predicted octanol–water partition coefficient (Wildman–Crippen LogP) is 1.49. The van der Waals surface area contributed by atoms with Crippen LogP contribution < -0.4 is 14.8 Å². The summed E-state index contributed by atoms with van der Waals surface area (Å²) < 4.78 is 10.8. The Morgan fingerprint density at radius 1 is 1.20 bits per heavy atom. The van der Waals surface area contributed by atoms with Crippen molar-refractivity contribution in [3.05, 3.63) is 23.3 Å². The van der Waals surface area contributed by atoms with Crippen LogP contribution in [0.15, 0.2) is 12.1 Å². The zero-order chi connectivity index (χ0) is 10.3. The first-order valence-corrected chi connectivity index (χ1v) is 5.45. The van der Waals surface area contributed by atoms with Gasteiger partial charge in [0.05, 0.1) is 0 Å². The lowest BCUT2D eigenvalue weighted by atomic mass is 9.88. The molecule has 0 saturated carbocycles. The summed E-state index contributed by atoms with van der Waals surface area (Å²) in [5.74, 6) is 1.82. The molecule has 0 unspecified atom stereocenters. The predicted molar refractivity (Wildman–Crippen MR) is 57.4 cm³/mol. The van der Waals surface area contributed by atoms with E-state index >= 15 is 0 Å². The van der Waals surface area contributed by atoms with Crippen molar-refractivity contribution in [2.45, 2.75) is 25.3 Å². The van der Waals surface area contributed by atoms with Crippen molar-refractivity contribution in [2.24, 2.45) is 0 Å². The fourth-order valence-electron chi connectivity index (χ4n) is 2.39.